The molecular weight excluding hydrogens is 679 g/mol. The van der Waals surface area contributed by atoms with Crippen molar-refractivity contribution in [3.05, 3.63) is 167 Å². The van der Waals surface area contributed by atoms with E-state index in [-0.39, 0.29) is 12.5 Å². The highest BCUT2D eigenvalue weighted by atomic mass is 16.5. The van der Waals surface area contributed by atoms with Crippen molar-refractivity contribution in [2.24, 2.45) is 5.92 Å². The van der Waals surface area contributed by atoms with E-state index in [9.17, 15) is 24.3 Å². The average Bonchev–Trinajstić information content (AvgIpc) is 3.52. The highest BCUT2D eigenvalue weighted by Gasteiger charge is 2.40. The molecule has 0 aliphatic heterocycles. The van der Waals surface area contributed by atoms with Crippen LogP contribution in [0, 0.1) is 5.92 Å². The fraction of sp³-hybridized carbons (Fsp3) is 0.244. The largest absolute Gasteiger partial charge is 0.481 e. The summed E-state index contributed by atoms with van der Waals surface area (Å²) in [4.78, 5) is 54.1. The van der Waals surface area contributed by atoms with Gasteiger partial charge >= 0.3 is 12.1 Å². The minimum absolute atomic E-state index is 0.00417. The van der Waals surface area contributed by atoms with Crippen molar-refractivity contribution in [3.63, 3.8) is 0 Å². The van der Waals surface area contributed by atoms with E-state index >= 15 is 0 Å². The third kappa shape index (κ3) is 8.36. The summed E-state index contributed by atoms with van der Waals surface area (Å²) in [5.41, 5.74) is 5.40. The second-order valence-electron chi connectivity index (χ2n) is 13.5. The van der Waals surface area contributed by atoms with Gasteiger partial charge in [-0.25, -0.2) is 4.79 Å². The zero-order chi connectivity index (χ0) is 37.9. The number of fused-ring (bicyclic) bond motifs is 3. The lowest BCUT2D eigenvalue weighted by atomic mass is 9.76. The third-order valence-electron chi connectivity index (χ3n) is 10.0. The molecule has 0 spiro atoms. The Kier molecular flexibility index (Phi) is 12.2. The molecule has 0 radical (unpaired) electrons. The van der Waals surface area contributed by atoms with E-state index in [0.717, 1.165) is 45.4 Å². The zero-order valence-electron chi connectivity index (χ0n) is 30.2. The molecule has 0 bridgehead atoms. The maximum atomic E-state index is 14.5. The van der Waals surface area contributed by atoms with Crippen LogP contribution in [0.5, 0.6) is 0 Å². The Morgan fingerprint density at radius 1 is 0.685 bits per heavy atom. The van der Waals surface area contributed by atoms with Crippen LogP contribution in [0.3, 0.4) is 0 Å². The number of amides is 3. The molecule has 2 unspecified atom stereocenters. The van der Waals surface area contributed by atoms with Crippen LogP contribution in [0.15, 0.2) is 140 Å². The summed E-state index contributed by atoms with van der Waals surface area (Å²) in [5, 5.41) is 18.8. The second-order valence-corrected chi connectivity index (χ2v) is 13.5. The fourth-order valence-corrected chi connectivity index (χ4v) is 7.45. The van der Waals surface area contributed by atoms with Crippen LogP contribution in [0.4, 0.5) is 4.79 Å². The smallest absolute Gasteiger partial charge is 0.407 e. The molecular formula is C45H45N3O6. The molecule has 9 heteroatoms. The molecule has 6 rings (SSSR count). The van der Waals surface area contributed by atoms with Crippen molar-refractivity contribution in [1.82, 2.24) is 16.0 Å². The molecule has 276 valence electrons. The number of aliphatic carboxylic acids is 1. The third-order valence-corrected chi connectivity index (χ3v) is 10.0. The molecule has 2 atom stereocenters. The Balaban J connectivity index is 1.31. The molecule has 5 aromatic rings. The van der Waals surface area contributed by atoms with E-state index in [1.807, 2.05) is 146 Å². The summed E-state index contributed by atoms with van der Waals surface area (Å²) in [6, 6.07) is 43.4. The van der Waals surface area contributed by atoms with Crippen molar-refractivity contribution in [1.29, 1.82) is 0 Å². The number of benzene rings is 5. The van der Waals surface area contributed by atoms with Gasteiger partial charge in [0.25, 0.3) is 0 Å². The van der Waals surface area contributed by atoms with Gasteiger partial charge < -0.3 is 25.8 Å². The lowest BCUT2D eigenvalue weighted by Gasteiger charge is -2.37. The van der Waals surface area contributed by atoms with Gasteiger partial charge in [-0.1, -0.05) is 153 Å². The van der Waals surface area contributed by atoms with Gasteiger partial charge in [-0.2, -0.15) is 0 Å². The van der Waals surface area contributed by atoms with Crippen LogP contribution in [-0.2, 0) is 24.7 Å². The number of unbranched alkanes of at least 4 members (excludes halogenated alkanes) is 1. The van der Waals surface area contributed by atoms with Gasteiger partial charge in [-0.15, -0.1) is 0 Å². The Morgan fingerprint density at radius 3 is 1.65 bits per heavy atom. The summed E-state index contributed by atoms with van der Waals surface area (Å²) in [6.45, 7) is 2.31. The van der Waals surface area contributed by atoms with Gasteiger partial charge in [0.1, 0.15) is 12.1 Å². The molecule has 1 aliphatic carbocycles. The molecule has 3 amide bonds. The van der Waals surface area contributed by atoms with Crippen molar-refractivity contribution in [2.75, 3.05) is 13.2 Å². The van der Waals surface area contributed by atoms with E-state index in [4.69, 9.17) is 4.74 Å². The quantitative estimate of drug-likeness (QED) is 0.0620. The average molecular weight is 724 g/mol. The maximum Gasteiger partial charge on any atom is 0.407 e. The number of rotatable bonds is 16. The first-order valence-electron chi connectivity index (χ1n) is 18.4. The summed E-state index contributed by atoms with van der Waals surface area (Å²) in [6.07, 6.45) is -0.372. The van der Waals surface area contributed by atoms with Crippen LogP contribution in [0.25, 0.3) is 11.1 Å². The predicted octanol–water partition coefficient (Wildman–Crippen LogP) is 7.40. The molecule has 0 aromatic heterocycles. The van der Waals surface area contributed by atoms with Gasteiger partial charge in [0, 0.05) is 18.9 Å². The summed E-state index contributed by atoms with van der Waals surface area (Å²) in [5.74, 6) is -3.81. The molecule has 0 heterocycles. The second kappa shape index (κ2) is 17.5. The lowest BCUT2D eigenvalue weighted by molar-refractivity contribution is -0.142. The van der Waals surface area contributed by atoms with Crippen molar-refractivity contribution in [2.45, 2.75) is 50.1 Å². The van der Waals surface area contributed by atoms with Crippen LogP contribution in [0.2, 0.25) is 0 Å². The number of carbonyl (C=O) groups is 4. The van der Waals surface area contributed by atoms with Gasteiger partial charge in [-0.05, 0) is 45.4 Å². The molecule has 5 aromatic carbocycles. The van der Waals surface area contributed by atoms with E-state index in [0.29, 0.717) is 13.0 Å². The van der Waals surface area contributed by atoms with Crippen molar-refractivity contribution >= 4 is 23.9 Å². The molecule has 0 fully saturated rings. The number of hydrogen-bond donors (Lipinski definition) is 4. The number of carboxylic acids is 1. The normalized spacial score (nSPS) is 13.1. The molecule has 4 N–H and O–H groups in total. The van der Waals surface area contributed by atoms with Crippen molar-refractivity contribution in [3.8, 4) is 11.1 Å². The SMILES string of the molecule is CCCCNC(=O)C(CC(=O)O)C(CC(=O)NC(c1ccccc1)(c1ccccc1)c1ccccc1)NC(=O)OCC1c2ccccc2-c2ccccc21. The summed E-state index contributed by atoms with van der Waals surface area (Å²) in [7, 11) is 0. The van der Waals surface area contributed by atoms with Gasteiger partial charge in [0.05, 0.1) is 18.4 Å². The first-order chi connectivity index (χ1) is 26.3. The number of carboxylic acid groups (broad SMARTS) is 1. The van der Waals surface area contributed by atoms with Gasteiger partial charge in [-0.3, -0.25) is 14.4 Å². The lowest BCUT2D eigenvalue weighted by Crippen LogP contribution is -2.53. The van der Waals surface area contributed by atoms with Crippen LogP contribution < -0.4 is 16.0 Å². The predicted molar refractivity (Wildman–Crippen MR) is 208 cm³/mol. The molecule has 54 heavy (non-hydrogen) atoms. The van der Waals surface area contributed by atoms with E-state index in [2.05, 4.69) is 16.0 Å². The number of alkyl carbamates (subject to hydrolysis) is 1. The molecule has 1 aliphatic rings. The number of nitrogens with one attached hydrogen (secondary N) is 3. The number of hydrogen-bond acceptors (Lipinski definition) is 5. The molecule has 0 saturated heterocycles. The monoisotopic (exact) mass is 723 g/mol. The van der Waals surface area contributed by atoms with Crippen LogP contribution in [-0.4, -0.2) is 48.2 Å². The van der Waals surface area contributed by atoms with Gasteiger partial charge in [0.2, 0.25) is 11.8 Å². The standard InChI is InChI=1S/C45H45N3O6/c1-2-3-27-46-43(52)38(28-42(50)51)40(47-44(53)54-30-39-36-25-15-13-23-34(36)35-24-14-16-26-37(35)39)29-41(49)48-45(31-17-7-4-8-18-31,32-19-9-5-10-20-32)33-21-11-6-12-22-33/h4-26,38-40H,2-3,27-30H2,1H3,(H,46,52)(H,47,53)(H,48,49)(H,50,51). The molecule has 0 saturated carbocycles. The van der Waals surface area contributed by atoms with Crippen LogP contribution >= 0.6 is 0 Å². The number of carbonyl (C=O) groups excluding carboxylic acids is 3. The minimum atomic E-state index is -1.27. The Morgan fingerprint density at radius 2 is 1.17 bits per heavy atom. The summed E-state index contributed by atoms with van der Waals surface area (Å²) >= 11 is 0. The molecule has 9 nitrogen and oxygen atoms in total. The first kappa shape index (κ1) is 37.5. The minimum Gasteiger partial charge on any atom is -0.481 e. The highest BCUT2D eigenvalue weighted by molar-refractivity contribution is 5.87. The van der Waals surface area contributed by atoms with Gasteiger partial charge in [0.15, 0.2) is 0 Å². The first-order valence-corrected chi connectivity index (χ1v) is 18.4. The van der Waals surface area contributed by atoms with E-state index in [1.54, 1.807) is 0 Å². The van der Waals surface area contributed by atoms with Crippen LogP contribution in [0.1, 0.15) is 66.3 Å². The Bertz CT molecular complexity index is 1910. The topological polar surface area (TPSA) is 134 Å². The fourth-order valence-electron chi connectivity index (χ4n) is 7.45. The zero-order valence-corrected chi connectivity index (χ0v) is 30.2. The maximum absolute atomic E-state index is 14.5. The Labute approximate surface area is 315 Å². The highest BCUT2D eigenvalue weighted by Crippen LogP contribution is 2.44. The number of ether oxygens (including phenoxy) is 1. The van der Waals surface area contributed by atoms with Crippen molar-refractivity contribution < 1.29 is 29.0 Å². The Hall–Kier alpha value is -6.22. The van der Waals surface area contributed by atoms with E-state index in [1.165, 1.54) is 0 Å². The van der Waals surface area contributed by atoms with E-state index < -0.39 is 54.2 Å². The summed E-state index contributed by atoms with van der Waals surface area (Å²) < 4.78 is 5.83.